The molecule has 0 radical (unpaired) electrons. The Labute approximate surface area is 179 Å². The van der Waals surface area contributed by atoms with Gasteiger partial charge in [-0.15, -0.1) is 0 Å². The Hall–Kier alpha value is -2.32. The summed E-state index contributed by atoms with van der Waals surface area (Å²) in [6.07, 6.45) is -0.0305. The third-order valence-electron chi connectivity index (χ3n) is 4.59. The molecule has 1 aliphatic heterocycles. The van der Waals surface area contributed by atoms with Gasteiger partial charge in [0.05, 0.1) is 32.5 Å². The molecule has 1 atom stereocenters. The van der Waals surface area contributed by atoms with E-state index in [0.29, 0.717) is 49.3 Å². The molecular formula is C22H35N3O5. The highest BCUT2D eigenvalue weighted by Crippen LogP contribution is 2.28. The van der Waals surface area contributed by atoms with Crippen LogP contribution in [0.3, 0.4) is 0 Å². The molecule has 0 bridgehead atoms. The minimum absolute atomic E-state index is 0.0305. The molecule has 1 heterocycles. The summed E-state index contributed by atoms with van der Waals surface area (Å²) in [6, 6.07) is 4.98. The maximum absolute atomic E-state index is 12.4. The third-order valence-corrected chi connectivity index (χ3v) is 4.59. The number of ether oxygens (including phenoxy) is 3. The molecule has 8 heteroatoms. The van der Waals surface area contributed by atoms with Crippen molar-refractivity contribution in [1.82, 2.24) is 15.5 Å². The minimum Gasteiger partial charge on any atom is -0.490 e. The Bertz CT molecular complexity index is 695. The molecule has 2 amide bonds. The number of nitrogens with one attached hydrogen (secondary N) is 2. The first-order valence-corrected chi connectivity index (χ1v) is 10.7. The van der Waals surface area contributed by atoms with Gasteiger partial charge in [0, 0.05) is 31.7 Å². The fourth-order valence-electron chi connectivity index (χ4n) is 3.33. The number of carbonyl (C=O) groups is 2. The molecule has 1 aromatic rings. The Kier molecular flexibility index (Phi) is 9.89. The van der Waals surface area contributed by atoms with Crippen LogP contribution in [0.5, 0.6) is 11.5 Å². The Morgan fingerprint density at radius 3 is 2.60 bits per heavy atom. The molecule has 1 aliphatic rings. The first-order valence-electron chi connectivity index (χ1n) is 10.7. The van der Waals surface area contributed by atoms with Gasteiger partial charge in [-0.25, -0.2) is 0 Å². The maximum Gasteiger partial charge on any atom is 0.251 e. The summed E-state index contributed by atoms with van der Waals surface area (Å²) in [5.74, 6) is 1.11. The van der Waals surface area contributed by atoms with Crippen LogP contribution in [-0.4, -0.2) is 75.4 Å². The SMILES string of the molecule is CCOc1ccc(C(=O)NCC(=O)NCC2CN(CC(C)C)CCO2)cc1OCC. The molecular weight excluding hydrogens is 386 g/mol. The van der Waals surface area contributed by atoms with Crippen LogP contribution in [0.1, 0.15) is 38.1 Å². The van der Waals surface area contributed by atoms with Crippen LogP contribution in [-0.2, 0) is 9.53 Å². The van der Waals surface area contributed by atoms with E-state index in [4.69, 9.17) is 14.2 Å². The Balaban J connectivity index is 1.79. The van der Waals surface area contributed by atoms with Crippen molar-refractivity contribution in [3.8, 4) is 11.5 Å². The molecule has 1 unspecified atom stereocenters. The van der Waals surface area contributed by atoms with Crippen molar-refractivity contribution >= 4 is 11.8 Å². The van der Waals surface area contributed by atoms with Gasteiger partial charge in [-0.1, -0.05) is 13.8 Å². The van der Waals surface area contributed by atoms with E-state index in [2.05, 4.69) is 29.4 Å². The zero-order valence-electron chi connectivity index (χ0n) is 18.5. The monoisotopic (exact) mass is 421 g/mol. The van der Waals surface area contributed by atoms with E-state index in [1.165, 1.54) is 0 Å². The smallest absolute Gasteiger partial charge is 0.251 e. The van der Waals surface area contributed by atoms with Crippen molar-refractivity contribution in [3.63, 3.8) is 0 Å². The number of carbonyl (C=O) groups excluding carboxylic acids is 2. The molecule has 2 rings (SSSR count). The van der Waals surface area contributed by atoms with Gasteiger partial charge in [-0.3, -0.25) is 14.5 Å². The van der Waals surface area contributed by atoms with Crippen molar-refractivity contribution in [2.24, 2.45) is 5.92 Å². The van der Waals surface area contributed by atoms with Crippen LogP contribution < -0.4 is 20.1 Å². The fourth-order valence-corrected chi connectivity index (χ4v) is 3.33. The van der Waals surface area contributed by atoms with E-state index in [-0.39, 0.29) is 24.5 Å². The van der Waals surface area contributed by atoms with E-state index in [1.807, 2.05) is 13.8 Å². The largest absolute Gasteiger partial charge is 0.490 e. The number of benzene rings is 1. The molecule has 1 fully saturated rings. The standard InChI is InChI=1S/C22H35N3O5/c1-5-28-19-8-7-17(11-20(19)29-6-2)22(27)24-13-21(26)23-12-18-15-25(9-10-30-18)14-16(3)4/h7-8,11,16,18H,5-6,9-10,12-15H2,1-4H3,(H,23,26)(H,24,27). The number of amides is 2. The quantitative estimate of drug-likeness (QED) is 0.565. The van der Waals surface area contributed by atoms with E-state index in [1.54, 1.807) is 18.2 Å². The van der Waals surface area contributed by atoms with Gasteiger partial charge < -0.3 is 24.8 Å². The third kappa shape index (κ3) is 7.84. The summed E-state index contributed by atoms with van der Waals surface area (Å²) in [6.45, 7) is 12.9. The summed E-state index contributed by atoms with van der Waals surface area (Å²) in [7, 11) is 0. The zero-order valence-corrected chi connectivity index (χ0v) is 18.5. The van der Waals surface area contributed by atoms with Gasteiger partial charge in [0.15, 0.2) is 11.5 Å². The highest BCUT2D eigenvalue weighted by Gasteiger charge is 2.21. The second-order valence-electron chi connectivity index (χ2n) is 7.66. The minimum atomic E-state index is -0.342. The van der Waals surface area contributed by atoms with Gasteiger partial charge in [0.1, 0.15) is 0 Å². The van der Waals surface area contributed by atoms with Crippen molar-refractivity contribution in [2.75, 3.05) is 52.5 Å². The van der Waals surface area contributed by atoms with Gasteiger partial charge in [-0.2, -0.15) is 0 Å². The summed E-state index contributed by atoms with van der Waals surface area (Å²) in [5.41, 5.74) is 0.412. The number of rotatable bonds is 11. The number of morpholine rings is 1. The maximum atomic E-state index is 12.4. The molecule has 8 nitrogen and oxygen atoms in total. The van der Waals surface area contributed by atoms with Crippen LogP contribution in [0, 0.1) is 5.92 Å². The summed E-state index contributed by atoms with van der Waals surface area (Å²) < 4.78 is 16.8. The van der Waals surface area contributed by atoms with E-state index < -0.39 is 0 Å². The van der Waals surface area contributed by atoms with Gasteiger partial charge >= 0.3 is 0 Å². The lowest BCUT2D eigenvalue weighted by Gasteiger charge is -2.33. The summed E-state index contributed by atoms with van der Waals surface area (Å²) in [5, 5.41) is 5.48. The molecule has 168 valence electrons. The molecule has 1 saturated heterocycles. The van der Waals surface area contributed by atoms with Gasteiger partial charge in [0.25, 0.3) is 5.91 Å². The average Bonchev–Trinajstić information content (AvgIpc) is 2.72. The molecule has 2 N–H and O–H groups in total. The fraction of sp³-hybridized carbons (Fsp3) is 0.636. The lowest BCUT2D eigenvalue weighted by Crippen LogP contribution is -2.49. The average molecular weight is 422 g/mol. The van der Waals surface area contributed by atoms with Crippen molar-refractivity contribution in [1.29, 1.82) is 0 Å². The van der Waals surface area contributed by atoms with Crippen LogP contribution in [0.2, 0.25) is 0 Å². The molecule has 1 aromatic carbocycles. The lowest BCUT2D eigenvalue weighted by atomic mass is 10.2. The van der Waals surface area contributed by atoms with E-state index >= 15 is 0 Å². The Morgan fingerprint density at radius 1 is 1.17 bits per heavy atom. The van der Waals surface area contributed by atoms with E-state index in [9.17, 15) is 9.59 Å². The first-order chi connectivity index (χ1) is 14.4. The van der Waals surface area contributed by atoms with Crippen LogP contribution in [0.25, 0.3) is 0 Å². The van der Waals surface area contributed by atoms with E-state index in [0.717, 1.165) is 19.6 Å². The van der Waals surface area contributed by atoms with Gasteiger partial charge in [-0.05, 0) is 38.0 Å². The first kappa shape index (κ1) is 24.0. The van der Waals surface area contributed by atoms with Crippen molar-refractivity contribution in [3.05, 3.63) is 23.8 Å². The normalized spacial score (nSPS) is 16.9. The lowest BCUT2D eigenvalue weighted by molar-refractivity contribution is -0.121. The Morgan fingerprint density at radius 2 is 1.90 bits per heavy atom. The topological polar surface area (TPSA) is 89.1 Å². The predicted octanol–water partition coefficient (Wildman–Crippen LogP) is 1.69. The molecule has 0 aromatic heterocycles. The number of hydrogen-bond acceptors (Lipinski definition) is 6. The number of nitrogens with zero attached hydrogens (tertiary/aromatic N) is 1. The summed E-state index contributed by atoms with van der Waals surface area (Å²) >= 11 is 0. The molecule has 0 saturated carbocycles. The second-order valence-corrected chi connectivity index (χ2v) is 7.66. The van der Waals surface area contributed by atoms with Crippen LogP contribution in [0.15, 0.2) is 18.2 Å². The summed E-state index contributed by atoms with van der Waals surface area (Å²) in [4.78, 5) is 26.9. The molecule has 30 heavy (non-hydrogen) atoms. The van der Waals surface area contributed by atoms with Crippen LogP contribution in [0.4, 0.5) is 0 Å². The highest BCUT2D eigenvalue weighted by molar-refractivity contribution is 5.97. The van der Waals surface area contributed by atoms with Crippen molar-refractivity contribution in [2.45, 2.75) is 33.8 Å². The van der Waals surface area contributed by atoms with Crippen molar-refractivity contribution < 1.29 is 23.8 Å². The van der Waals surface area contributed by atoms with Crippen LogP contribution >= 0.6 is 0 Å². The predicted molar refractivity (Wildman–Crippen MR) is 115 cm³/mol. The zero-order chi connectivity index (χ0) is 21.9. The second kappa shape index (κ2) is 12.4. The highest BCUT2D eigenvalue weighted by atomic mass is 16.5. The van der Waals surface area contributed by atoms with Gasteiger partial charge in [0.2, 0.25) is 5.91 Å². The number of hydrogen-bond donors (Lipinski definition) is 2. The molecule has 0 aliphatic carbocycles. The molecule has 0 spiro atoms.